The van der Waals surface area contributed by atoms with Gasteiger partial charge in [0.15, 0.2) is 0 Å². The summed E-state index contributed by atoms with van der Waals surface area (Å²) in [5.41, 5.74) is 0. The van der Waals surface area contributed by atoms with E-state index < -0.39 is 0 Å². The van der Waals surface area contributed by atoms with Gasteiger partial charge < -0.3 is 5.11 Å². The van der Waals surface area contributed by atoms with Crippen molar-refractivity contribution in [3.05, 3.63) is 0 Å². The minimum atomic E-state index is 0. The zero-order valence-electron chi connectivity index (χ0n) is 6.40. The van der Waals surface area contributed by atoms with Crippen LogP contribution in [-0.2, 0) is 0 Å². The van der Waals surface area contributed by atoms with Crippen LogP contribution in [0.15, 0.2) is 0 Å². The fraction of sp³-hybridized carbons (Fsp3) is 1.00. The van der Waals surface area contributed by atoms with Crippen LogP contribution in [0.25, 0.3) is 0 Å². The number of aliphatic hydroxyl groups is 1. The Morgan fingerprint density at radius 2 is 1.40 bits per heavy atom. The van der Waals surface area contributed by atoms with Crippen molar-refractivity contribution < 1.29 is 5.11 Å². The summed E-state index contributed by atoms with van der Waals surface area (Å²) in [6.07, 6.45) is 7.50. The van der Waals surface area contributed by atoms with Gasteiger partial charge >= 0.3 is 37.7 Å². The predicted octanol–water partition coefficient (Wildman–Crippen LogP) is 1.42. The van der Waals surface area contributed by atoms with Gasteiger partial charge in [-0.1, -0.05) is 39.0 Å². The van der Waals surface area contributed by atoms with Gasteiger partial charge in [0, 0.05) is 6.61 Å². The van der Waals surface area contributed by atoms with E-state index in [0.717, 1.165) is 6.42 Å². The Kier molecular flexibility index (Phi) is 17.7. The van der Waals surface area contributed by atoms with Gasteiger partial charge in [-0.25, -0.2) is 0 Å². The van der Waals surface area contributed by atoms with E-state index >= 15 is 0 Å². The van der Waals surface area contributed by atoms with Gasteiger partial charge in [0.05, 0.1) is 0 Å². The van der Waals surface area contributed by atoms with Crippen LogP contribution in [0, 0.1) is 0 Å². The molecule has 0 aromatic heterocycles. The van der Waals surface area contributed by atoms with Crippen LogP contribution in [0.1, 0.15) is 45.4 Å². The number of hydrogen-bond acceptors (Lipinski definition) is 1. The first-order chi connectivity index (χ1) is 4.41. The van der Waals surface area contributed by atoms with Gasteiger partial charge in [-0.2, -0.15) is 0 Å². The average molecular weight is 172 g/mol. The molecule has 0 heterocycles. The SMILES string of the molecule is CCCCCCCCO.[CaH2]. The summed E-state index contributed by atoms with van der Waals surface area (Å²) in [6, 6.07) is 0. The zero-order valence-corrected chi connectivity index (χ0v) is 6.40. The van der Waals surface area contributed by atoms with Gasteiger partial charge in [-0.15, -0.1) is 0 Å². The molecular formula is C8H20CaO. The third-order valence-corrected chi connectivity index (χ3v) is 1.51. The summed E-state index contributed by atoms with van der Waals surface area (Å²) >= 11 is 0. The van der Waals surface area contributed by atoms with E-state index in [4.69, 9.17) is 5.11 Å². The third-order valence-electron chi connectivity index (χ3n) is 1.51. The monoisotopic (exact) mass is 172 g/mol. The molecule has 0 amide bonds. The van der Waals surface area contributed by atoms with E-state index in [-0.39, 0.29) is 37.7 Å². The molecule has 0 fully saturated rings. The van der Waals surface area contributed by atoms with Crippen molar-refractivity contribution in [2.45, 2.75) is 45.4 Å². The second-order valence-electron chi connectivity index (χ2n) is 2.49. The molecule has 0 rings (SSSR count). The fourth-order valence-corrected chi connectivity index (χ4v) is 0.892. The van der Waals surface area contributed by atoms with Crippen molar-refractivity contribution in [1.29, 1.82) is 0 Å². The molecule has 0 aliphatic carbocycles. The van der Waals surface area contributed by atoms with Gasteiger partial charge in [-0.3, -0.25) is 0 Å². The summed E-state index contributed by atoms with van der Waals surface area (Å²) < 4.78 is 0. The molecule has 0 saturated heterocycles. The first-order valence-electron chi connectivity index (χ1n) is 4.02. The van der Waals surface area contributed by atoms with E-state index in [0.29, 0.717) is 6.61 Å². The van der Waals surface area contributed by atoms with Crippen LogP contribution in [0.5, 0.6) is 0 Å². The maximum atomic E-state index is 8.42. The number of unbranched alkanes of at least 4 members (excludes halogenated alkanes) is 5. The van der Waals surface area contributed by atoms with Gasteiger partial charge in [-0.05, 0) is 6.42 Å². The average Bonchev–Trinajstić information content (AvgIpc) is 1.89. The standard InChI is InChI=1S/C8H18O.Ca.2H/c1-2-3-4-5-6-7-8-9;;;/h9H,2-8H2,1H3;;;. The number of aliphatic hydroxyl groups excluding tert-OH is 1. The normalized spacial score (nSPS) is 9.00. The Bertz CT molecular complexity index is 42.5. The Balaban J connectivity index is 0. The molecule has 1 nitrogen and oxygen atoms in total. The van der Waals surface area contributed by atoms with Crippen LogP contribution in [0.4, 0.5) is 0 Å². The van der Waals surface area contributed by atoms with Crippen LogP contribution >= 0.6 is 0 Å². The Morgan fingerprint density at radius 3 is 1.90 bits per heavy atom. The molecular weight excluding hydrogens is 152 g/mol. The first kappa shape index (κ1) is 13.8. The van der Waals surface area contributed by atoms with Crippen LogP contribution in [0.3, 0.4) is 0 Å². The summed E-state index contributed by atoms with van der Waals surface area (Å²) in [7, 11) is 0. The molecule has 0 aliphatic rings. The van der Waals surface area contributed by atoms with Gasteiger partial charge in [0.1, 0.15) is 0 Å². The molecule has 0 saturated carbocycles. The molecule has 0 aromatic rings. The molecule has 1 N–H and O–H groups in total. The van der Waals surface area contributed by atoms with Crippen molar-refractivity contribution in [1.82, 2.24) is 0 Å². The van der Waals surface area contributed by atoms with Crippen LogP contribution < -0.4 is 0 Å². The number of rotatable bonds is 6. The predicted molar refractivity (Wildman–Crippen MR) is 49.0 cm³/mol. The second kappa shape index (κ2) is 12.9. The zero-order chi connectivity index (χ0) is 6.95. The molecule has 0 bridgehead atoms. The molecule has 0 radical (unpaired) electrons. The van der Waals surface area contributed by atoms with E-state index in [1.807, 2.05) is 0 Å². The molecule has 0 aromatic carbocycles. The molecule has 0 spiro atoms. The van der Waals surface area contributed by atoms with Gasteiger partial charge in [0.25, 0.3) is 0 Å². The summed E-state index contributed by atoms with van der Waals surface area (Å²) in [5, 5.41) is 8.42. The summed E-state index contributed by atoms with van der Waals surface area (Å²) in [5.74, 6) is 0. The third kappa shape index (κ3) is 12.0. The Labute approximate surface area is 94.2 Å². The molecule has 0 atom stereocenters. The maximum absolute atomic E-state index is 8.42. The van der Waals surface area contributed by atoms with Crippen molar-refractivity contribution >= 4 is 37.7 Å². The summed E-state index contributed by atoms with van der Waals surface area (Å²) in [4.78, 5) is 0. The van der Waals surface area contributed by atoms with Gasteiger partial charge in [0.2, 0.25) is 0 Å². The molecule has 0 aliphatic heterocycles. The second-order valence-corrected chi connectivity index (χ2v) is 2.49. The molecule has 0 unspecified atom stereocenters. The van der Waals surface area contributed by atoms with Crippen LogP contribution in [0.2, 0.25) is 0 Å². The van der Waals surface area contributed by atoms with Crippen molar-refractivity contribution in [3.63, 3.8) is 0 Å². The van der Waals surface area contributed by atoms with Crippen molar-refractivity contribution in [2.24, 2.45) is 0 Å². The molecule has 10 heavy (non-hydrogen) atoms. The van der Waals surface area contributed by atoms with E-state index in [1.54, 1.807) is 0 Å². The van der Waals surface area contributed by atoms with E-state index in [2.05, 4.69) is 6.92 Å². The van der Waals surface area contributed by atoms with E-state index in [1.165, 1.54) is 32.1 Å². The van der Waals surface area contributed by atoms with E-state index in [9.17, 15) is 0 Å². The topological polar surface area (TPSA) is 20.2 Å². The number of hydrogen-bond donors (Lipinski definition) is 1. The molecule has 60 valence electrons. The summed E-state index contributed by atoms with van der Waals surface area (Å²) in [6.45, 7) is 2.58. The fourth-order valence-electron chi connectivity index (χ4n) is 0.892. The Hall–Kier alpha value is 1.22. The first-order valence-corrected chi connectivity index (χ1v) is 4.02. The van der Waals surface area contributed by atoms with Crippen LogP contribution in [-0.4, -0.2) is 49.5 Å². The minimum absolute atomic E-state index is 0. The Morgan fingerprint density at radius 1 is 0.900 bits per heavy atom. The molecule has 2 heteroatoms. The van der Waals surface area contributed by atoms with Crippen molar-refractivity contribution in [3.8, 4) is 0 Å². The van der Waals surface area contributed by atoms with Crippen molar-refractivity contribution in [2.75, 3.05) is 6.61 Å². The quantitative estimate of drug-likeness (QED) is 0.474.